The lowest BCUT2D eigenvalue weighted by Gasteiger charge is -2.03. The molecule has 2 rings (SSSR count). The van der Waals surface area contributed by atoms with Gasteiger partial charge in [0.25, 0.3) is 0 Å². The van der Waals surface area contributed by atoms with Gasteiger partial charge in [0.15, 0.2) is 5.82 Å². The highest BCUT2D eigenvalue weighted by atomic mass is 16.5. The number of ether oxygens (including phenoxy) is 1. The van der Waals surface area contributed by atoms with Crippen molar-refractivity contribution in [3.05, 3.63) is 35.6 Å². The average Bonchev–Trinajstić information content (AvgIpc) is 2.81. The van der Waals surface area contributed by atoms with Gasteiger partial charge in [0.1, 0.15) is 0 Å². The number of nitrogens with one attached hydrogen (secondary N) is 1. The Kier molecular flexibility index (Phi) is 4.25. The summed E-state index contributed by atoms with van der Waals surface area (Å²) in [5, 5.41) is 7.12. The summed E-state index contributed by atoms with van der Waals surface area (Å²) in [6.45, 7) is 3.34. The van der Waals surface area contributed by atoms with Crippen LogP contribution in [-0.2, 0) is 13.0 Å². The van der Waals surface area contributed by atoms with Gasteiger partial charge >= 0.3 is 0 Å². The second kappa shape index (κ2) is 6.11. The Morgan fingerprint density at radius 2 is 2.28 bits per heavy atom. The number of pyridine rings is 1. The van der Waals surface area contributed by atoms with Crippen molar-refractivity contribution in [2.75, 3.05) is 13.7 Å². The Morgan fingerprint density at radius 3 is 2.89 bits per heavy atom. The minimum Gasteiger partial charge on any atom is -0.481 e. The molecule has 0 amide bonds. The molecule has 0 radical (unpaired) electrons. The molecule has 0 unspecified atom stereocenters. The van der Waals surface area contributed by atoms with Crippen LogP contribution in [0.3, 0.4) is 0 Å². The molecule has 0 aromatic carbocycles. The summed E-state index contributed by atoms with van der Waals surface area (Å²) < 4.78 is 9.89. The predicted molar refractivity (Wildman–Crippen MR) is 65.2 cm³/mol. The zero-order valence-corrected chi connectivity index (χ0v) is 10.5. The van der Waals surface area contributed by atoms with Gasteiger partial charge in [0, 0.05) is 38.7 Å². The summed E-state index contributed by atoms with van der Waals surface area (Å²) in [4.78, 5) is 8.27. The first-order valence-corrected chi connectivity index (χ1v) is 5.77. The maximum atomic E-state index is 5.00. The van der Waals surface area contributed by atoms with Crippen LogP contribution in [0.4, 0.5) is 0 Å². The lowest BCUT2D eigenvalue weighted by atomic mass is 10.3. The van der Waals surface area contributed by atoms with E-state index in [1.165, 1.54) is 0 Å². The number of rotatable bonds is 6. The van der Waals surface area contributed by atoms with Crippen LogP contribution in [0.2, 0.25) is 0 Å². The summed E-state index contributed by atoms with van der Waals surface area (Å²) in [6, 6.07) is 3.83. The fourth-order valence-corrected chi connectivity index (χ4v) is 1.51. The Morgan fingerprint density at radius 1 is 1.39 bits per heavy atom. The van der Waals surface area contributed by atoms with Crippen LogP contribution >= 0.6 is 0 Å². The predicted octanol–water partition coefficient (Wildman–Crippen LogP) is 1.11. The second-order valence-corrected chi connectivity index (χ2v) is 3.87. The largest absolute Gasteiger partial charge is 0.481 e. The lowest BCUT2D eigenvalue weighted by Crippen LogP contribution is -2.17. The van der Waals surface area contributed by atoms with E-state index < -0.39 is 0 Å². The number of aromatic nitrogens is 3. The molecule has 0 saturated heterocycles. The number of nitrogens with zero attached hydrogens (tertiary/aromatic N) is 3. The molecule has 6 nitrogen and oxygen atoms in total. The van der Waals surface area contributed by atoms with Gasteiger partial charge in [0.2, 0.25) is 11.8 Å². The summed E-state index contributed by atoms with van der Waals surface area (Å²) in [6.07, 6.45) is 2.55. The molecule has 0 aliphatic carbocycles. The zero-order chi connectivity index (χ0) is 12.8. The molecule has 0 aliphatic rings. The van der Waals surface area contributed by atoms with E-state index in [4.69, 9.17) is 9.26 Å². The van der Waals surface area contributed by atoms with E-state index in [0.29, 0.717) is 11.8 Å². The fraction of sp³-hybridized carbons (Fsp3) is 0.417. The van der Waals surface area contributed by atoms with Crippen LogP contribution in [-0.4, -0.2) is 28.8 Å². The fourth-order valence-electron chi connectivity index (χ4n) is 1.51. The monoisotopic (exact) mass is 248 g/mol. The summed E-state index contributed by atoms with van der Waals surface area (Å²) in [7, 11) is 1.60. The van der Waals surface area contributed by atoms with Gasteiger partial charge in [-0.15, -0.1) is 0 Å². The van der Waals surface area contributed by atoms with E-state index in [-0.39, 0.29) is 0 Å². The quantitative estimate of drug-likeness (QED) is 0.772. The third-order valence-corrected chi connectivity index (χ3v) is 2.43. The van der Waals surface area contributed by atoms with Gasteiger partial charge < -0.3 is 14.6 Å². The van der Waals surface area contributed by atoms with Crippen molar-refractivity contribution in [3.63, 3.8) is 0 Å². The molecular formula is C12H16N4O2. The molecule has 0 atom stereocenters. The van der Waals surface area contributed by atoms with Crippen LogP contribution in [0, 0.1) is 6.92 Å². The Labute approximate surface area is 105 Å². The van der Waals surface area contributed by atoms with Gasteiger partial charge in [-0.1, -0.05) is 11.2 Å². The Bertz CT molecular complexity index is 481. The molecule has 0 bridgehead atoms. The molecule has 2 heterocycles. The van der Waals surface area contributed by atoms with Crippen LogP contribution in [0.5, 0.6) is 5.88 Å². The number of methoxy groups -OCH3 is 1. The van der Waals surface area contributed by atoms with Gasteiger partial charge in [-0.05, 0) is 5.56 Å². The topological polar surface area (TPSA) is 73.1 Å². The molecule has 18 heavy (non-hydrogen) atoms. The molecular weight excluding hydrogens is 232 g/mol. The van der Waals surface area contributed by atoms with Crippen molar-refractivity contribution >= 4 is 0 Å². The van der Waals surface area contributed by atoms with E-state index in [9.17, 15) is 0 Å². The molecule has 6 heteroatoms. The summed E-state index contributed by atoms with van der Waals surface area (Å²) in [5.41, 5.74) is 1.11. The maximum Gasteiger partial charge on any atom is 0.223 e. The smallest absolute Gasteiger partial charge is 0.223 e. The van der Waals surface area contributed by atoms with Crippen LogP contribution in [0.25, 0.3) is 0 Å². The van der Waals surface area contributed by atoms with Crippen molar-refractivity contribution in [1.82, 2.24) is 20.4 Å². The first-order chi connectivity index (χ1) is 8.78. The van der Waals surface area contributed by atoms with Crippen molar-refractivity contribution in [2.24, 2.45) is 0 Å². The van der Waals surface area contributed by atoms with E-state index in [0.717, 1.165) is 30.9 Å². The second-order valence-electron chi connectivity index (χ2n) is 3.87. The minimum absolute atomic E-state index is 0.601. The van der Waals surface area contributed by atoms with E-state index in [1.807, 2.05) is 12.1 Å². The lowest BCUT2D eigenvalue weighted by molar-refractivity contribution is 0.387. The van der Waals surface area contributed by atoms with E-state index >= 15 is 0 Å². The van der Waals surface area contributed by atoms with Crippen molar-refractivity contribution in [3.8, 4) is 5.88 Å². The van der Waals surface area contributed by atoms with Crippen molar-refractivity contribution in [2.45, 2.75) is 19.9 Å². The minimum atomic E-state index is 0.601. The third-order valence-electron chi connectivity index (χ3n) is 2.43. The highest BCUT2D eigenvalue weighted by molar-refractivity contribution is 5.17. The molecule has 0 saturated carbocycles. The van der Waals surface area contributed by atoms with Gasteiger partial charge in [-0.2, -0.15) is 4.98 Å². The highest BCUT2D eigenvalue weighted by Gasteiger charge is 2.01. The molecule has 2 aromatic rings. The van der Waals surface area contributed by atoms with E-state index in [1.54, 1.807) is 20.2 Å². The van der Waals surface area contributed by atoms with Gasteiger partial charge in [-0.25, -0.2) is 4.98 Å². The normalized spacial score (nSPS) is 10.6. The Hall–Kier alpha value is -1.95. The standard InChI is InChI=1S/C12H16N4O2/c1-9-15-11(16-18-9)5-6-13-7-10-3-4-12(17-2)14-8-10/h3-4,8,13H,5-7H2,1-2H3. The van der Waals surface area contributed by atoms with Crippen molar-refractivity contribution in [1.29, 1.82) is 0 Å². The first-order valence-electron chi connectivity index (χ1n) is 5.77. The van der Waals surface area contributed by atoms with Crippen LogP contribution in [0.15, 0.2) is 22.9 Å². The summed E-state index contributed by atoms with van der Waals surface area (Å²) in [5.74, 6) is 1.96. The molecule has 0 fully saturated rings. The van der Waals surface area contributed by atoms with Gasteiger partial charge in [0.05, 0.1) is 7.11 Å². The Balaban J connectivity index is 1.71. The maximum absolute atomic E-state index is 5.00. The zero-order valence-electron chi connectivity index (χ0n) is 10.5. The highest BCUT2D eigenvalue weighted by Crippen LogP contribution is 2.06. The molecule has 0 spiro atoms. The molecule has 96 valence electrons. The molecule has 2 aromatic heterocycles. The summed E-state index contributed by atoms with van der Waals surface area (Å²) >= 11 is 0. The molecule has 0 aliphatic heterocycles. The first kappa shape index (κ1) is 12.5. The van der Waals surface area contributed by atoms with Crippen LogP contribution < -0.4 is 10.1 Å². The van der Waals surface area contributed by atoms with Crippen LogP contribution in [0.1, 0.15) is 17.3 Å². The number of aryl methyl sites for hydroxylation is 1. The SMILES string of the molecule is COc1ccc(CNCCc2noc(C)n2)cn1. The van der Waals surface area contributed by atoms with Crippen molar-refractivity contribution < 1.29 is 9.26 Å². The third kappa shape index (κ3) is 3.53. The molecule has 1 N–H and O–H groups in total. The number of hydrogen-bond acceptors (Lipinski definition) is 6. The number of hydrogen-bond donors (Lipinski definition) is 1. The van der Waals surface area contributed by atoms with E-state index in [2.05, 4.69) is 20.4 Å². The average molecular weight is 248 g/mol. The van der Waals surface area contributed by atoms with Gasteiger partial charge in [-0.3, -0.25) is 0 Å².